The largest absolute Gasteiger partial charge is 0.456 e. The number of benzene rings is 7. The predicted molar refractivity (Wildman–Crippen MR) is 214 cm³/mol. The first kappa shape index (κ1) is 26.9. The van der Waals surface area contributed by atoms with E-state index >= 15 is 0 Å². The average molecular weight is 676 g/mol. The molecule has 1 N–H and O–H groups in total. The molecular formula is C44H25N3OS2. The van der Waals surface area contributed by atoms with Crippen molar-refractivity contribution in [3.8, 4) is 0 Å². The molecule has 0 bridgehead atoms. The second-order valence-corrected chi connectivity index (χ2v) is 15.2. The van der Waals surface area contributed by atoms with E-state index in [1.807, 2.05) is 34.8 Å². The topological polar surface area (TPSA) is 42.5 Å². The standard InChI is InChI=1S/C44H25N3OS2/c1-2-13-27-26(12-1)41-37(38-29-15-5-9-19-35(29)49-42(27)38)28-14-3-7-17-32(28)47(41)44-45-39(43-40(46-44)30-16-6-10-20-36(30)50-43)24-21-22-34-31(23-24)25-11-4-8-18-33(25)48-34/h1-23,39H,(H,45,46). The van der Waals surface area contributed by atoms with Crippen LogP contribution >= 0.6 is 22.7 Å². The normalized spacial score (nSPS) is 14.9. The molecule has 0 radical (unpaired) electrons. The van der Waals surface area contributed by atoms with Crippen molar-refractivity contribution in [2.45, 2.75) is 6.04 Å². The number of fused-ring (bicyclic) bond motifs is 16. The van der Waals surface area contributed by atoms with E-state index in [9.17, 15) is 0 Å². The molecule has 12 rings (SSSR count). The van der Waals surface area contributed by atoms with E-state index in [1.54, 1.807) is 0 Å². The molecule has 0 fully saturated rings. The lowest BCUT2D eigenvalue weighted by atomic mass is 9.99. The summed E-state index contributed by atoms with van der Waals surface area (Å²) in [5, 5.41) is 15.0. The zero-order valence-corrected chi connectivity index (χ0v) is 28.1. The average Bonchev–Trinajstić information content (AvgIpc) is 3.93. The Kier molecular flexibility index (Phi) is 5.29. The summed E-state index contributed by atoms with van der Waals surface area (Å²) < 4.78 is 12.5. The van der Waals surface area contributed by atoms with Crippen LogP contribution in [-0.4, -0.2) is 10.5 Å². The van der Waals surface area contributed by atoms with Crippen molar-refractivity contribution in [3.05, 3.63) is 150 Å². The molecule has 1 unspecified atom stereocenters. The number of rotatable bonds is 1. The highest BCUT2D eigenvalue weighted by Gasteiger charge is 2.31. The summed E-state index contributed by atoms with van der Waals surface area (Å²) in [5.41, 5.74) is 6.40. The van der Waals surface area contributed by atoms with Crippen molar-refractivity contribution in [2.75, 3.05) is 5.32 Å². The van der Waals surface area contributed by atoms with E-state index in [2.05, 4.69) is 137 Å². The molecule has 7 aromatic carbocycles. The molecule has 5 heterocycles. The predicted octanol–water partition coefficient (Wildman–Crippen LogP) is 12.8. The number of aromatic nitrogens is 1. The third-order valence-electron chi connectivity index (χ3n) is 10.4. The van der Waals surface area contributed by atoms with Crippen molar-refractivity contribution < 1.29 is 4.42 Å². The first-order chi connectivity index (χ1) is 24.8. The first-order valence-corrected chi connectivity index (χ1v) is 18.5. The van der Waals surface area contributed by atoms with Gasteiger partial charge in [-0.25, -0.2) is 4.99 Å². The van der Waals surface area contributed by atoms with E-state index in [4.69, 9.17) is 9.41 Å². The van der Waals surface area contributed by atoms with Gasteiger partial charge < -0.3 is 9.73 Å². The van der Waals surface area contributed by atoms with Gasteiger partial charge in [0.1, 0.15) is 17.2 Å². The van der Waals surface area contributed by atoms with Crippen LogP contribution in [0.15, 0.2) is 149 Å². The fraction of sp³-hybridized carbons (Fsp3) is 0.0227. The smallest absolute Gasteiger partial charge is 0.208 e. The number of furan rings is 1. The van der Waals surface area contributed by atoms with Crippen LogP contribution in [0.3, 0.4) is 0 Å². The number of anilines is 1. The van der Waals surface area contributed by atoms with Gasteiger partial charge >= 0.3 is 0 Å². The summed E-state index contributed by atoms with van der Waals surface area (Å²) in [4.78, 5) is 6.91. The van der Waals surface area contributed by atoms with Crippen molar-refractivity contribution >= 4 is 119 Å². The molecule has 4 aromatic heterocycles. The summed E-state index contributed by atoms with van der Waals surface area (Å²) in [6.07, 6.45) is 0. The Bertz CT molecular complexity index is 3260. The number of nitrogens with one attached hydrogen (secondary N) is 1. The van der Waals surface area contributed by atoms with Crippen LogP contribution in [-0.2, 0) is 0 Å². The highest BCUT2D eigenvalue weighted by atomic mass is 32.1. The van der Waals surface area contributed by atoms with Gasteiger partial charge in [-0.2, -0.15) is 0 Å². The van der Waals surface area contributed by atoms with Gasteiger partial charge in [-0.15, -0.1) is 22.7 Å². The van der Waals surface area contributed by atoms with Gasteiger partial charge in [-0.1, -0.05) is 103 Å². The lowest BCUT2D eigenvalue weighted by Gasteiger charge is -2.25. The van der Waals surface area contributed by atoms with Gasteiger partial charge in [-0.3, -0.25) is 4.57 Å². The van der Waals surface area contributed by atoms with Crippen molar-refractivity contribution in [1.82, 2.24) is 4.57 Å². The maximum Gasteiger partial charge on any atom is 0.208 e. The number of para-hydroxylation sites is 2. The van der Waals surface area contributed by atoms with Gasteiger partial charge in [0, 0.05) is 62.6 Å². The third kappa shape index (κ3) is 3.51. The van der Waals surface area contributed by atoms with Crippen molar-refractivity contribution in [3.63, 3.8) is 0 Å². The minimum atomic E-state index is -0.204. The number of aliphatic imine (C=N–C) groups is 1. The minimum Gasteiger partial charge on any atom is -0.456 e. The monoisotopic (exact) mass is 675 g/mol. The van der Waals surface area contributed by atoms with Gasteiger partial charge in [0.25, 0.3) is 0 Å². The van der Waals surface area contributed by atoms with E-state index in [0.717, 1.165) is 44.7 Å². The number of hydrogen-bond donors (Lipinski definition) is 1. The number of thiophene rings is 2. The van der Waals surface area contributed by atoms with E-state index in [-0.39, 0.29) is 6.04 Å². The Morgan fingerprint density at radius 1 is 0.560 bits per heavy atom. The summed E-state index contributed by atoms with van der Waals surface area (Å²) in [5.74, 6) is 0.832. The second kappa shape index (κ2) is 9.82. The molecular weight excluding hydrogens is 651 g/mol. The molecule has 0 spiro atoms. The Morgan fingerprint density at radius 2 is 1.22 bits per heavy atom. The first-order valence-electron chi connectivity index (χ1n) is 16.8. The van der Waals surface area contributed by atoms with Gasteiger partial charge in [0.05, 0.1) is 21.6 Å². The van der Waals surface area contributed by atoms with E-state index in [1.165, 1.54) is 62.2 Å². The van der Waals surface area contributed by atoms with Crippen molar-refractivity contribution in [2.24, 2.45) is 4.99 Å². The van der Waals surface area contributed by atoms with Crippen LogP contribution < -0.4 is 5.32 Å². The third-order valence-corrected chi connectivity index (χ3v) is 12.9. The lowest BCUT2D eigenvalue weighted by Crippen LogP contribution is -2.26. The summed E-state index contributed by atoms with van der Waals surface area (Å²) >= 11 is 3.72. The highest BCUT2D eigenvalue weighted by Crippen LogP contribution is 2.50. The maximum absolute atomic E-state index is 6.24. The Hall–Kier alpha value is -5.95. The molecule has 1 atom stereocenters. The maximum atomic E-state index is 6.24. The molecule has 6 heteroatoms. The Morgan fingerprint density at radius 3 is 2.08 bits per heavy atom. The fourth-order valence-corrected chi connectivity index (χ4v) is 10.8. The summed E-state index contributed by atoms with van der Waals surface area (Å²) in [7, 11) is 0. The summed E-state index contributed by atoms with van der Waals surface area (Å²) in [6, 6.07) is 49.9. The quantitative estimate of drug-likeness (QED) is 0.188. The second-order valence-electron chi connectivity index (χ2n) is 13.1. The fourth-order valence-electron chi connectivity index (χ4n) is 8.30. The van der Waals surface area contributed by atoms with Crippen LogP contribution in [0, 0.1) is 0 Å². The lowest BCUT2D eigenvalue weighted by molar-refractivity contribution is 0.668. The molecule has 50 heavy (non-hydrogen) atoms. The Labute approximate surface area is 293 Å². The van der Waals surface area contributed by atoms with Gasteiger partial charge in [0.2, 0.25) is 5.96 Å². The highest BCUT2D eigenvalue weighted by molar-refractivity contribution is 7.27. The molecule has 0 amide bonds. The molecule has 0 saturated carbocycles. The van der Waals surface area contributed by atoms with E-state index < -0.39 is 0 Å². The Balaban J connectivity index is 1.21. The van der Waals surface area contributed by atoms with Crippen LogP contribution in [0.25, 0.3) is 84.8 Å². The van der Waals surface area contributed by atoms with Crippen LogP contribution in [0.1, 0.15) is 16.5 Å². The van der Waals surface area contributed by atoms with Crippen LogP contribution in [0.4, 0.5) is 5.69 Å². The van der Waals surface area contributed by atoms with Crippen molar-refractivity contribution in [1.29, 1.82) is 0 Å². The number of nitrogens with zero attached hydrogens (tertiary/aromatic N) is 2. The number of hydrogen-bond acceptors (Lipinski definition) is 5. The van der Waals surface area contributed by atoms with Crippen LogP contribution in [0.5, 0.6) is 0 Å². The zero-order chi connectivity index (χ0) is 32.5. The molecule has 0 aliphatic carbocycles. The molecule has 11 aromatic rings. The SMILES string of the molecule is c1ccc2c(c1)oc1ccc(C3N=C(n4c5ccccc5c5c6c7ccccc7sc6c6ccccc6c54)Nc4c3sc3ccccc43)cc12. The molecule has 4 nitrogen and oxygen atoms in total. The molecule has 0 saturated heterocycles. The molecule has 234 valence electrons. The van der Waals surface area contributed by atoms with E-state index in [0.29, 0.717) is 0 Å². The van der Waals surface area contributed by atoms with Gasteiger partial charge in [-0.05, 0) is 42.0 Å². The zero-order valence-electron chi connectivity index (χ0n) is 26.5. The van der Waals surface area contributed by atoms with Gasteiger partial charge in [0.15, 0.2) is 0 Å². The molecule has 1 aliphatic rings. The minimum absolute atomic E-state index is 0.204. The van der Waals surface area contributed by atoms with Crippen LogP contribution in [0.2, 0.25) is 0 Å². The summed E-state index contributed by atoms with van der Waals surface area (Å²) in [6.45, 7) is 0. The molecule has 1 aliphatic heterocycles.